The highest BCUT2D eigenvalue weighted by Gasteiger charge is 2.09. The summed E-state index contributed by atoms with van der Waals surface area (Å²) in [6.07, 6.45) is 1.78. The van der Waals surface area contributed by atoms with Crippen LogP contribution in [0.5, 0.6) is 5.75 Å². The number of nitrogens with zero attached hydrogens (tertiary/aromatic N) is 1. The third-order valence-corrected chi connectivity index (χ3v) is 5.28. The third-order valence-electron chi connectivity index (χ3n) is 3.95. The summed E-state index contributed by atoms with van der Waals surface area (Å²) in [6.45, 7) is 0.279. The van der Waals surface area contributed by atoms with Crippen LogP contribution in [0.3, 0.4) is 0 Å². The average Bonchev–Trinajstić information content (AvgIpc) is 2.67. The van der Waals surface area contributed by atoms with Gasteiger partial charge in [-0.25, -0.2) is 0 Å². The van der Waals surface area contributed by atoms with Crippen molar-refractivity contribution in [2.45, 2.75) is 6.61 Å². The topological polar surface area (TPSA) is 33.0 Å². The molecule has 0 saturated heterocycles. The van der Waals surface area contributed by atoms with Crippen LogP contribution in [-0.2, 0) is 6.61 Å². The van der Waals surface area contributed by atoms with E-state index in [4.69, 9.17) is 39.5 Å². The van der Waals surface area contributed by atoms with E-state index in [0.29, 0.717) is 26.4 Å². The van der Waals surface area contributed by atoms with E-state index in [0.717, 1.165) is 21.2 Å². The van der Waals surface area contributed by atoms with Crippen molar-refractivity contribution in [3.8, 4) is 11.8 Å². The molecular weight excluding hydrogens is 481 g/mol. The number of hydrogen-bond donors (Lipinski definition) is 0. The predicted molar refractivity (Wildman–Crippen MR) is 120 cm³/mol. The summed E-state index contributed by atoms with van der Waals surface area (Å²) in [7, 11) is 0. The highest BCUT2D eigenvalue weighted by Crippen LogP contribution is 2.30. The Kier molecular flexibility index (Phi) is 7.04. The molecule has 0 heterocycles. The largest absolute Gasteiger partial charge is 0.488 e. The summed E-state index contributed by atoms with van der Waals surface area (Å²) < 4.78 is 6.85. The van der Waals surface area contributed by atoms with Crippen LogP contribution in [-0.4, -0.2) is 0 Å². The van der Waals surface area contributed by atoms with Crippen molar-refractivity contribution in [1.29, 1.82) is 5.26 Å². The molecule has 2 nitrogen and oxygen atoms in total. The molecule has 0 radical (unpaired) electrons. The molecule has 0 aliphatic heterocycles. The average molecular weight is 494 g/mol. The fourth-order valence-corrected chi connectivity index (χ4v) is 3.49. The van der Waals surface area contributed by atoms with Crippen molar-refractivity contribution in [2.24, 2.45) is 0 Å². The second kappa shape index (κ2) is 9.49. The van der Waals surface area contributed by atoms with Gasteiger partial charge < -0.3 is 4.74 Å². The van der Waals surface area contributed by atoms with E-state index in [1.54, 1.807) is 30.3 Å². The Morgan fingerprint density at radius 3 is 2.36 bits per heavy atom. The maximum atomic E-state index is 9.61. The molecule has 0 aromatic heterocycles. The van der Waals surface area contributed by atoms with E-state index >= 15 is 0 Å². The van der Waals surface area contributed by atoms with Gasteiger partial charge in [0.25, 0.3) is 0 Å². The van der Waals surface area contributed by atoms with Gasteiger partial charge in [-0.3, -0.25) is 0 Å². The Morgan fingerprint density at radius 1 is 0.964 bits per heavy atom. The number of ether oxygens (including phenoxy) is 1. The van der Waals surface area contributed by atoms with Gasteiger partial charge in [0.05, 0.1) is 11.6 Å². The Labute approximate surface area is 187 Å². The van der Waals surface area contributed by atoms with Crippen molar-refractivity contribution in [3.63, 3.8) is 0 Å². The van der Waals surface area contributed by atoms with E-state index in [1.807, 2.05) is 36.4 Å². The third kappa shape index (κ3) is 5.31. The smallest absolute Gasteiger partial charge is 0.127 e. The van der Waals surface area contributed by atoms with Gasteiger partial charge in [0.15, 0.2) is 0 Å². The number of allylic oxidation sites excluding steroid dienone is 1. The van der Waals surface area contributed by atoms with E-state index in [2.05, 4.69) is 22.0 Å². The normalized spacial score (nSPS) is 11.2. The Bertz CT molecular complexity index is 1070. The zero-order valence-corrected chi connectivity index (χ0v) is 18.3. The van der Waals surface area contributed by atoms with E-state index in [-0.39, 0.29) is 6.61 Å². The van der Waals surface area contributed by atoms with Crippen LogP contribution in [0, 0.1) is 11.3 Å². The van der Waals surface area contributed by atoms with Gasteiger partial charge in [-0.2, -0.15) is 5.26 Å². The molecule has 0 aliphatic carbocycles. The van der Waals surface area contributed by atoms with Crippen molar-refractivity contribution in [1.82, 2.24) is 0 Å². The van der Waals surface area contributed by atoms with Crippen LogP contribution in [0.1, 0.15) is 16.7 Å². The van der Waals surface area contributed by atoms with E-state index in [1.165, 1.54) is 0 Å². The summed E-state index contributed by atoms with van der Waals surface area (Å²) in [5.41, 5.74) is 2.87. The molecule has 0 aliphatic rings. The van der Waals surface area contributed by atoms with Gasteiger partial charge in [-0.1, -0.05) is 68.9 Å². The zero-order valence-electron chi connectivity index (χ0n) is 14.4. The molecule has 0 spiro atoms. The monoisotopic (exact) mass is 491 g/mol. The Morgan fingerprint density at radius 2 is 1.68 bits per heavy atom. The maximum absolute atomic E-state index is 9.61. The first kappa shape index (κ1) is 20.8. The van der Waals surface area contributed by atoms with E-state index in [9.17, 15) is 5.26 Å². The van der Waals surface area contributed by atoms with Gasteiger partial charge >= 0.3 is 0 Å². The van der Waals surface area contributed by atoms with Gasteiger partial charge in [0.2, 0.25) is 0 Å². The van der Waals surface area contributed by atoms with Gasteiger partial charge in [0.1, 0.15) is 12.4 Å². The van der Waals surface area contributed by atoms with E-state index < -0.39 is 0 Å². The lowest BCUT2D eigenvalue weighted by Gasteiger charge is -2.12. The first-order chi connectivity index (χ1) is 13.5. The highest BCUT2D eigenvalue weighted by atomic mass is 79.9. The molecule has 0 unspecified atom stereocenters. The lowest BCUT2D eigenvalue weighted by Crippen LogP contribution is -1.98. The number of hydrogen-bond acceptors (Lipinski definition) is 2. The summed E-state index contributed by atoms with van der Waals surface area (Å²) >= 11 is 21.6. The molecule has 0 amide bonds. The minimum atomic E-state index is 0.279. The van der Waals surface area contributed by atoms with Crippen LogP contribution in [0.4, 0.5) is 0 Å². The summed E-state index contributed by atoms with van der Waals surface area (Å²) in [5.74, 6) is 0.635. The van der Waals surface area contributed by atoms with Gasteiger partial charge in [-0.15, -0.1) is 0 Å². The highest BCUT2D eigenvalue weighted by molar-refractivity contribution is 9.10. The van der Waals surface area contributed by atoms with Crippen molar-refractivity contribution >= 4 is 62.4 Å². The SMILES string of the molecule is N#C/C(=C\c1cc(Br)ccc1OCc1ccc(Cl)cc1Cl)c1ccc(Cl)cc1. The quantitative estimate of drug-likeness (QED) is 0.266. The molecule has 0 N–H and O–H groups in total. The first-order valence-corrected chi connectivity index (χ1v) is 10.1. The fraction of sp³-hybridized carbons (Fsp3) is 0.0455. The molecule has 0 fully saturated rings. The minimum absolute atomic E-state index is 0.279. The molecule has 0 saturated carbocycles. The molecule has 140 valence electrons. The number of halogens is 4. The molecule has 3 aromatic rings. The minimum Gasteiger partial charge on any atom is -0.488 e. The molecule has 0 bridgehead atoms. The van der Waals surface area contributed by atoms with Crippen molar-refractivity contribution in [3.05, 3.63) is 96.9 Å². The van der Waals surface area contributed by atoms with Crippen LogP contribution in [0.25, 0.3) is 11.6 Å². The molecule has 28 heavy (non-hydrogen) atoms. The van der Waals surface area contributed by atoms with Crippen LogP contribution in [0.2, 0.25) is 15.1 Å². The summed E-state index contributed by atoms with van der Waals surface area (Å²) in [4.78, 5) is 0. The Balaban J connectivity index is 1.91. The maximum Gasteiger partial charge on any atom is 0.127 e. The van der Waals surface area contributed by atoms with Crippen molar-refractivity contribution in [2.75, 3.05) is 0 Å². The second-order valence-electron chi connectivity index (χ2n) is 5.88. The first-order valence-electron chi connectivity index (χ1n) is 8.20. The molecule has 6 heteroatoms. The molecular formula is C22H13BrCl3NO. The van der Waals surface area contributed by atoms with Crippen LogP contribution < -0.4 is 4.74 Å². The Hall–Kier alpha value is -1.96. The summed E-state index contributed by atoms with van der Waals surface area (Å²) in [6, 6.07) is 20.2. The summed E-state index contributed by atoms with van der Waals surface area (Å²) in [5, 5.41) is 11.3. The van der Waals surface area contributed by atoms with Gasteiger partial charge in [0, 0.05) is 30.7 Å². The number of nitriles is 1. The number of rotatable bonds is 5. The molecule has 3 aromatic carbocycles. The second-order valence-corrected chi connectivity index (χ2v) is 8.08. The predicted octanol–water partition coefficient (Wildman–Crippen LogP) is 8.05. The van der Waals surface area contributed by atoms with Crippen LogP contribution >= 0.6 is 50.7 Å². The molecule has 3 rings (SSSR count). The lowest BCUT2D eigenvalue weighted by molar-refractivity contribution is 0.305. The fourth-order valence-electron chi connectivity index (χ4n) is 2.52. The lowest BCUT2D eigenvalue weighted by atomic mass is 10.0. The zero-order chi connectivity index (χ0) is 20.1. The van der Waals surface area contributed by atoms with Crippen LogP contribution in [0.15, 0.2) is 65.1 Å². The van der Waals surface area contributed by atoms with Gasteiger partial charge in [-0.05, 0) is 54.1 Å². The van der Waals surface area contributed by atoms with Crippen molar-refractivity contribution < 1.29 is 4.74 Å². The number of benzene rings is 3. The standard InChI is InChI=1S/C22H13BrCl3NO/c23-18-4-8-22(28-13-15-3-7-20(25)11-21(15)26)16(10-18)9-17(12-27)14-1-5-19(24)6-2-14/h1-11H,13H2/b17-9+. The molecule has 0 atom stereocenters.